The number of anilines is 1. The molecule has 0 bridgehead atoms. The number of carbonyl (C=O) groups is 1. The number of nitrogens with one attached hydrogen (secondary N) is 1. The highest BCUT2D eigenvalue weighted by Gasteiger charge is 2.15. The summed E-state index contributed by atoms with van der Waals surface area (Å²) >= 11 is 0. The lowest BCUT2D eigenvalue weighted by atomic mass is 10.2. The Morgan fingerprint density at radius 3 is 2.59 bits per heavy atom. The van der Waals surface area contributed by atoms with Crippen LogP contribution >= 0.6 is 0 Å². The van der Waals surface area contributed by atoms with Gasteiger partial charge in [0.05, 0.1) is 6.61 Å². The second-order valence-electron chi connectivity index (χ2n) is 6.58. The van der Waals surface area contributed by atoms with Gasteiger partial charge in [0.25, 0.3) is 5.91 Å². The second-order valence-corrected chi connectivity index (χ2v) is 6.58. The van der Waals surface area contributed by atoms with Crippen molar-refractivity contribution in [2.24, 2.45) is 0 Å². The number of ether oxygens (including phenoxy) is 1. The molecule has 29 heavy (non-hydrogen) atoms. The molecule has 2 aromatic heterocycles. The van der Waals surface area contributed by atoms with Gasteiger partial charge in [0, 0.05) is 51.3 Å². The number of methoxy groups -OCH3 is 1. The van der Waals surface area contributed by atoms with E-state index in [1.54, 1.807) is 25.6 Å². The highest BCUT2D eigenvalue weighted by Crippen LogP contribution is 2.20. The minimum atomic E-state index is -0.245. The zero-order chi connectivity index (χ0) is 20.5. The van der Waals surface area contributed by atoms with Crippen LogP contribution < -0.4 is 10.2 Å². The van der Waals surface area contributed by atoms with E-state index in [9.17, 15) is 4.79 Å². The van der Waals surface area contributed by atoms with Gasteiger partial charge in [-0.15, -0.1) is 0 Å². The Morgan fingerprint density at radius 1 is 1.10 bits per heavy atom. The van der Waals surface area contributed by atoms with Crippen LogP contribution in [0.4, 0.5) is 5.82 Å². The summed E-state index contributed by atoms with van der Waals surface area (Å²) in [6.45, 7) is 1.62. The van der Waals surface area contributed by atoms with Crippen LogP contribution in [-0.2, 0) is 11.2 Å². The van der Waals surface area contributed by atoms with Crippen LogP contribution in [0.2, 0.25) is 0 Å². The molecule has 0 saturated carbocycles. The van der Waals surface area contributed by atoms with E-state index in [1.807, 2.05) is 54.4 Å². The van der Waals surface area contributed by atoms with Crippen LogP contribution in [0, 0.1) is 0 Å². The molecule has 0 unspecified atom stereocenters. The van der Waals surface area contributed by atoms with E-state index in [1.165, 1.54) is 5.56 Å². The molecule has 1 aromatic carbocycles. The van der Waals surface area contributed by atoms with Gasteiger partial charge in [0.15, 0.2) is 5.82 Å². The summed E-state index contributed by atoms with van der Waals surface area (Å²) in [6, 6.07) is 15.4. The predicted molar refractivity (Wildman–Crippen MR) is 113 cm³/mol. The van der Waals surface area contributed by atoms with E-state index in [0.29, 0.717) is 30.5 Å². The first-order valence-corrected chi connectivity index (χ1v) is 9.49. The van der Waals surface area contributed by atoms with E-state index in [4.69, 9.17) is 9.72 Å². The number of rotatable bonds is 9. The predicted octanol–water partition coefficient (Wildman–Crippen LogP) is 2.59. The molecule has 3 aromatic rings. The zero-order valence-corrected chi connectivity index (χ0v) is 16.7. The molecule has 0 radical (unpaired) electrons. The van der Waals surface area contributed by atoms with Gasteiger partial charge in [-0.2, -0.15) is 0 Å². The van der Waals surface area contributed by atoms with Gasteiger partial charge < -0.3 is 15.0 Å². The fourth-order valence-corrected chi connectivity index (χ4v) is 2.78. The molecule has 0 aliphatic carbocycles. The van der Waals surface area contributed by atoms with E-state index < -0.39 is 0 Å². The van der Waals surface area contributed by atoms with Crippen molar-refractivity contribution in [3.05, 3.63) is 72.2 Å². The van der Waals surface area contributed by atoms with Crippen molar-refractivity contribution in [2.45, 2.75) is 6.42 Å². The third-order valence-electron chi connectivity index (χ3n) is 4.45. The van der Waals surface area contributed by atoms with E-state index in [-0.39, 0.29) is 5.91 Å². The highest BCUT2D eigenvalue weighted by atomic mass is 16.5. The maximum atomic E-state index is 12.6. The molecule has 1 N–H and O–H groups in total. The lowest BCUT2D eigenvalue weighted by molar-refractivity contribution is 0.0932. The van der Waals surface area contributed by atoms with Crippen molar-refractivity contribution in [1.82, 2.24) is 20.3 Å². The number of likely N-dealkylation sites (N-methyl/N-ethyl adjacent to an activating group) is 1. The third-order valence-corrected chi connectivity index (χ3v) is 4.45. The topological polar surface area (TPSA) is 80.2 Å². The molecule has 0 aliphatic rings. The maximum absolute atomic E-state index is 12.6. The van der Waals surface area contributed by atoms with Crippen molar-refractivity contribution in [3.8, 4) is 11.4 Å². The molecule has 0 fully saturated rings. The maximum Gasteiger partial charge on any atom is 0.270 e. The normalized spacial score (nSPS) is 10.6. The van der Waals surface area contributed by atoms with Crippen LogP contribution in [0.3, 0.4) is 0 Å². The summed E-state index contributed by atoms with van der Waals surface area (Å²) in [5, 5.41) is 2.82. The first-order valence-electron chi connectivity index (χ1n) is 9.49. The molecular weight excluding hydrogens is 366 g/mol. The third kappa shape index (κ3) is 5.83. The number of nitrogens with zero attached hydrogens (tertiary/aromatic N) is 4. The number of amides is 1. The molecule has 7 nitrogen and oxygen atoms in total. The van der Waals surface area contributed by atoms with Gasteiger partial charge in [-0.3, -0.25) is 9.78 Å². The van der Waals surface area contributed by atoms with Crippen LogP contribution in [0.5, 0.6) is 0 Å². The number of hydrogen-bond donors (Lipinski definition) is 1. The average Bonchev–Trinajstić information content (AvgIpc) is 2.78. The number of aromatic nitrogens is 3. The van der Waals surface area contributed by atoms with Gasteiger partial charge in [-0.25, -0.2) is 9.97 Å². The first-order chi connectivity index (χ1) is 14.2. The molecule has 7 heteroatoms. The SMILES string of the molecule is COCCNC(=O)c1cc(N(C)CCc2ccncc2)nc(-c2ccccc2)n1. The monoisotopic (exact) mass is 391 g/mol. The lowest BCUT2D eigenvalue weighted by Crippen LogP contribution is -2.29. The summed E-state index contributed by atoms with van der Waals surface area (Å²) < 4.78 is 5.00. The average molecular weight is 391 g/mol. The fraction of sp³-hybridized carbons (Fsp3) is 0.273. The summed E-state index contributed by atoms with van der Waals surface area (Å²) in [5.41, 5.74) is 2.39. The number of hydrogen-bond acceptors (Lipinski definition) is 6. The molecule has 3 rings (SSSR count). The highest BCUT2D eigenvalue weighted by molar-refractivity contribution is 5.93. The van der Waals surface area contributed by atoms with Crippen molar-refractivity contribution >= 4 is 11.7 Å². The minimum Gasteiger partial charge on any atom is -0.383 e. The van der Waals surface area contributed by atoms with E-state index in [2.05, 4.69) is 15.3 Å². The van der Waals surface area contributed by atoms with Crippen LogP contribution in [0.1, 0.15) is 16.1 Å². The molecule has 0 spiro atoms. The van der Waals surface area contributed by atoms with Crippen molar-refractivity contribution in [3.63, 3.8) is 0 Å². The Kier molecular flexibility index (Phi) is 7.24. The smallest absolute Gasteiger partial charge is 0.270 e. The minimum absolute atomic E-state index is 0.245. The quantitative estimate of drug-likeness (QED) is 0.565. The molecule has 0 atom stereocenters. The summed E-state index contributed by atoms with van der Waals surface area (Å²) in [4.78, 5) is 27.8. The Hall–Kier alpha value is -3.32. The number of benzene rings is 1. The molecular formula is C22H25N5O2. The van der Waals surface area contributed by atoms with Crippen LogP contribution in [0.25, 0.3) is 11.4 Å². The van der Waals surface area contributed by atoms with Crippen LogP contribution in [-0.4, -0.2) is 54.7 Å². The Morgan fingerprint density at radius 2 is 1.86 bits per heavy atom. The Bertz CT molecular complexity index is 919. The van der Waals surface area contributed by atoms with Gasteiger partial charge >= 0.3 is 0 Å². The molecule has 2 heterocycles. The Labute approximate surface area is 170 Å². The largest absolute Gasteiger partial charge is 0.383 e. The first kappa shape index (κ1) is 20.4. The Balaban J connectivity index is 1.84. The van der Waals surface area contributed by atoms with Gasteiger partial charge in [0.2, 0.25) is 0 Å². The number of pyridine rings is 1. The summed E-state index contributed by atoms with van der Waals surface area (Å²) in [6.07, 6.45) is 4.42. The van der Waals surface area contributed by atoms with E-state index >= 15 is 0 Å². The van der Waals surface area contributed by atoms with Crippen molar-refractivity contribution in [2.75, 3.05) is 38.8 Å². The van der Waals surface area contributed by atoms with Crippen molar-refractivity contribution in [1.29, 1.82) is 0 Å². The fourth-order valence-electron chi connectivity index (χ4n) is 2.78. The van der Waals surface area contributed by atoms with Gasteiger partial charge in [-0.05, 0) is 24.1 Å². The lowest BCUT2D eigenvalue weighted by Gasteiger charge is -2.19. The van der Waals surface area contributed by atoms with Crippen molar-refractivity contribution < 1.29 is 9.53 Å². The molecule has 1 amide bonds. The van der Waals surface area contributed by atoms with Gasteiger partial charge in [-0.1, -0.05) is 30.3 Å². The standard InChI is InChI=1S/C22H25N5O2/c1-27(14-10-17-8-11-23-12-9-17)20-16-19(22(28)24-13-15-29-2)25-21(26-20)18-6-4-3-5-7-18/h3-9,11-12,16H,10,13-15H2,1-2H3,(H,24,28). The second kappa shape index (κ2) is 10.3. The molecule has 0 aliphatic heterocycles. The van der Waals surface area contributed by atoms with E-state index in [0.717, 1.165) is 18.5 Å². The molecule has 150 valence electrons. The summed E-state index contributed by atoms with van der Waals surface area (Å²) in [5.74, 6) is 0.978. The van der Waals surface area contributed by atoms with Gasteiger partial charge in [0.1, 0.15) is 11.5 Å². The molecule has 0 saturated heterocycles. The zero-order valence-electron chi connectivity index (χ0n) is 16.7. The van der Waals surface area contributed by atoms with Crippen LogP contribution in [0.15, 0.2) is 60.9 Å². The number of carbonyl (C=O) groups excluding carboxylic acids is 1. The summed E-state index contributed by atoms with van der Waals surface area (Å²) in [7, 11) is 3.56.